The average Bonchev–Trinajstić information content (AvgIpc) is 2.79. The standard InChI is InChI=1S/C24H32N4O4S/c1-17-15-18(2)22(19(3)16-17)33(30,31)28-9-6-20(7-10-28)24(29)26-21-5-4-8-25-23(21)27-11-13-32-14-12-27/h4-5,8,15-16,20H,6-7,9-14H2,1-3H3,(H,26,29). The van der Waals surface area contributed by atoms with Gasteiger partial charge in [0, 0.05) is 38.3 Å². The Kier molecular flexibility index (Phi) is 7.02. The third kappa shape index (κ3) is 5.05. The van der Waals surface area contributed by atoms with Crippen LogP contribution in [0.5, 0.6) is 0 Å². The Morgan fingerprint density at radius 1 is 1.06 bits per heavy atom. The maximum absolute atomic E-state index is 13.3. The lowest BCUT2D eigenvalue weighted by molar-refractivity contribution is -0.120. The summed E-state index contributed by atoms with van der Waals surface area (Å²) in [5.74, 6) is 0.422. The number of sulfonamides is 1. The number of hydrogen-bond donors (Lipinski definition) is 1. The number of hydrogen-bond acceptors (Lipinski definition) is 6. The summed E-state index contributed by atoms with van der Waals surface area (Å²) in [4.78, 5) is 20.0. The summed E-state index contributed by atoms with van der Waals surface area (Å²) in [6.07, 6.45) is 2.70. The van der Waals surface area contributed by atoms with Crippen molar-refractivity contribution in [3.8, 4) is 0 Å². The smallest absolute Gasteiger partial charge is 0.243 e. The SMILES string of the molecule is Cc1cc(C)c(S(=O)(=O)N2CCC(C(=O)Nc3cccnc3N3CCOCC3)CC2)c(C)c1. The number of aryl methyl sites for hydroxylation is 3. The summed E-state index contributed by atoms with van der Waals surface area (Å²) in [6.45, 7) is 9.04. The van der Waals surface area contributed by atoms with Gasteiger partial charge < -0.3 is 15.0 Å². The van der Waals surface area contributed by atoms with Crippen molar-refractivity contribution >= 4 is 27.4 Å². The first-order valence-corrected chi connectivity index (χ1v) is 12.9. The molecule has 4 rings (SSSR count). The molecule has 0 spiro atoms. The van der Waals surface area contributed by atoms with Crippen LogP contribution in [0.4, 0.5) is 11.5 Å². The zero-order valence-electron chi connectivity index (χ0n) is 19.5. The molecular weight excluding hydrogens is 440 g/mol. The second-order valence-corrected chi connectivity index (χ2v) is 10.7. The van der Waals surface area contributed by atoms with Crippen molar-refractivity contribution in [1.82, 2.24) is 9.29 Å². The number of benzene rings is 1. The van der Waals surface area contributed by atoms with Crippen molar-refractivity contribution in [2.24, 2.45) is 5.92 Å². The molecule has 0 aliphatic carbocycles. The van der Waals surface area contributed by atoms with Crippen LogP contribution in [-0.2, 0) is 19.6 Å². The van der Waals surface area contributed by atoms with E-state index in [0.717, 1.165) is 35.6 Å². The van der Waals surface area contributed by atoms with Gasteiger partial charge in [0.2, 0.25) is 15.9 Å². The van der Waals surface area contributed by atoms with Gasteiger partial charge in [-0.2, -0.15) is 4.31 Å². The first-order chi connectivity index (χ1) is 15.8. The van der Waals surface area contributed by atoms with Crippen LogP contribution < -0.4 is 10.2 Å². The number of nitrogens with zero attached hydrogens (tertiary/aromatic N) is 3. The normalized spacial score (nSPS) is 18.3. The number of anilines is 2. The van der Waals surface area contributed by atoms with Gasteiger partial charge in [0.25, 0.3) is 0 Å². The van der Waals surface area contributed by atoms with Gasteiger partial charge in [-0.1, -0.05) is 17.7 Å². The van der Waals surface area contributed by atoms with E-state index in [0.29, 0.717) is 49.7 Å². The molecule has 2 aromatic rings. The maximum Gasteiger partial charge on any atom is 0.243 e. The molecule has 8 nitrogen and oxygen atoms in total. The molecule has 2 fully saturated rings. The molecule has 1 aromatic carbocycles. The number of carbonyl (C=O) groups excluding carboxylic acids is 1. The molecule has 0 bridgehead atoms. The average molecular weight is 473 g/mol. The Bertz CT molecular complexity index is 1100. The third-order valence-electron chi connectivity index (χ3n) is 6.38. The van der Waals surface area contributed by atoms with Crippen molar-refractivity contribution in [3.05, 3.63) is 47.2 Å². The van der Waals surface area contributed by atoms with Gasteiger partial charge >= 0.3 is 0 Å². The van der Waals surface area contributed by atoms with Gasteiger partial charge in [-0.25, -0.2) is 13.4 Å². The number of rotatable bonds is 5. The Morgan fingerprint density at radius 2 is 1.70 bits per heavy atom. The summed E-state index contributed by atoms with van der Waals surface area (Å²) in [5.41, 5.74) is 3.26. The van der Waals surface area contributed by atoms with E-state index in [2.05, 4.69) is 15.2 Å². The molecule has 2 saturated heterocycles. The van der Waals surface area contributed by atoms with Gasteiger partial charge in [-0.15, -0.1) is 0 Å². The minimum absolute atomic E-state index is 0.0859. The van der Waals surface area contributed by atoms with E-state index >= 15 is 0 Å². The van der Waals surface area contributed by atoms with Gasteiger partial charge in [0.1, 0.15) is 0 Å². The molecule has 0 unspecified atom stereocenters. The lowest BCUT2D eigenvalue weighted by Crippen LogP contribution is -2.42. The summed E-state index contributed by atoms with van der Waals surface area (Å²) in [7, 11) is -3.60. The quantitative estimate of drug-likeness (QED) is 0.720. The lowest BCUT2D eigenvalue weighted by atomic mass is 9.97. The topological polar surface area (TPSA) is 91.8 Å². The van der Waals surface area contributed by atoms with E-state index in [1.54, 1.807) is 12.3 Å². The van der Waals surface area contributed by atoms with Crippen LogP contribution in [0.3, 0.4) is 0 Å². The lowest BCUT2D eigenvalue weighted by Gasteiger charge is -2.32. The zero-order valence-corrected chi connectivity index (χ0v) is 20.3. The molecule has 1 aromatic heterocycles. The van der Waals surface area contributed by atoms with Crippen LogP contribution in [0, 0.1) is 26.7 Å². The highest BCUT2D eigenvalue weighted by Gasteiger charge is 2.34. The first kappa shape index (κ1) is 23.7. The highest BCUT2D eigenvalue weighted by atomic mass is 32.2. The van der Waals surface area contributed by atoms with Gasteiger partial charge in [-0.3, -0.25) is 4.79 Å². The van der Waals surface area contributed by atoms with Crippen molar-refractivity contribution in [2.75, 3.05) is 49.6 Å². The number of morpholine rings is 1. The van der Waals surface area contributed by atoms with E-state index in [-0.39, 0.29) is 11.8 Å². The molecule has 33 heavy (non-hydrogen) atoms. The molecule has 3 heterocycles. The van der Waals surface area contributed by atoms with Crippen molar-refractivity contribution in [3.63, 3.8) is 0 Å². The van der Waals surface area contributed by atoms with Crippen LogP contribution in [0.2, 0.25) is 0 Å². The fourth-order valence-corrected chi connectivity index (χ4v) is 6.70. The molecule has 0 atom stereocenters. The molecule has 2 aliphatic heterocycles. The second kappa shape index (κ2) is 9.79. The van der Waals surface area contributed by atoms with Crippen LogP contribution in [0.1, 0.15) is 29.5 Å². The highest BCUT2D eigenvalue weighted by molar-refractivity contribution is 7.89. The van der Waals surface area contributed by atoms with Crippen molar-refractivity contribution < 1.29 is 17.9 Å². The van der Waals surface area contributed by atoms with Crippen molar-refractivity contribution in [2.45, 2.75) is 38.5 Å². The number of piperidine rings is 1. The van der Waals surface area contributed by atoms with Crippen LogP contribution in [0.25, 0.3) is 0 Å². The molecular formula is C24H32N4O4S. The predicted octanol–water partition coefficient (Wildman–Crippen LogP) is 2.88. The third-order valence-corrected chi connectivity index (χ3v) is 8.59. The van der Waals surface area contributed by atoms with E-state index in [1.165, 1.54) is 4.31 Å². The van der Waals surface area contributed by atoms with E-state index in [1.807, 2.05) is 39.0 Å². The monoisotopic (exact) mass is 472 g/mol. The van der Waals surface area contributed by atoms with Gasteiger partial charge in [0.05, 0.1) is 23.8 Å². The summed E-state index contributed by atoms with van der Waals surface area (Å²) >= 11 is 0. The number of amides is 1. The Hall–Kier alpha value is -2.49. The first-order valence-electron chi connectivity index (χ1n) is 11.4. The van der Waals surface area contributed by atoms with E-state index in [9.17, 15) is 13.2 Å². The van der Waals surface area contributed by atoms with Gasteiger partial charge in [0.15, 0.2) is 5.82 Å². The minimum Gasteiger partial charge on any atom is -0.378 e. The number of aromatic nitrogens is 1. The summed E-state index contributed by atoms with van der Waals surface area (Å²) < 4.78 is 33.6. The molecule has 178 valence electrons. The van der Waals surface area contributed by atoms with E-state index in [4.69, 9.17) is 4.74 Å². The zero-order chi connectivity index (χ0) is 23.6. The fraction of sp³-hybridized carbons (Fsp3) is 0.500. The fourth-order valence-electron chi connectivity index (χ4n) is 4.82. The van der Waals surface area contributed by atoms with Crippen LogP contribution in [0.15, 0.2) is 35.4 Å². The maximum atomic E-state index is 13.3. The van der Waals surface area contributed by atoms with Crippen LogP contribution >= 0.6 is 0 Å². The van der Waals surface area contributed by atoms with Crippen LogP contribution in [-0.4, -0.2) is 63.0 Å². The second-order valence-electron chi connectivity index (χ2n) is 8.87. The Morgan fingerprint density at radius 3 is 2.33 bits per heavy atom. The number of carbonyl (C=O) groups is 1. The largest absolute Gasteiger partial charge is 0.378 e. The predicted molar refractivity (Wildman–Crippen MR) is 128 cm³/mol. The summed E-state index contributed by atoms with van der Waals surface area (Å²) in [5, 5.41) is 3.04. The number of pyridine rings is 1. The molecule has 0 saturated carbocycles. The molecule has 1 N–H and O–H groups in total. The molecule has 9 heteroatoms. The Labute approximate surface area is 196 Å². The van der Waals surface area contributed by atoms with E-state index < -0.39 is 10.0 Å². The van der Waals surface area contributed by atoms with Crippen molar-refractivity contribution in [1.29, 1.82) is 0 Å². The molecule has 1 amide bonds. The van der Waals surface area contributed by atoms with Gasteiger partial charge in [-0.05, 0) is 56.9 Å². The summed E-state index contributed by atoms with van der Waals surface area (Å²) in [6, 6.07) is 7.47. The molecule has 0 radical (unpaired) electrons. The highest BCUT2D eigenvalue weighted by Crippen LogP contribution is 2.30. The molecule has 2 aliphatic rings. The number of ether oxygens (including phenoxy) is 1. The Balaban J connectivity index is 1.42. The number of nitrogens with one attached hydrogen (secondary N) is 1. The minimum atomic E-state index is -3.60.